The van der Waals surface area contributed by atoms with E-state index in [4.69, 9.17) is 5.11 Å². The fourth-order valence-corrected chi connectivity index (χ4v) is 2.96. The topological polar surface area (TPSA) is 74.7 Å². The highest BCUT2D eigenvalue weighted by molar-refractivity contribution is 7.89. The second-order valence-electron chi connectivity index (χ2n) is 4.37. The van der Waals surface area contributed by atoms with Gasteiger partial charge in [-0.05, 0) is 12.3 Å². The largest absolute Gasteiger partial charge is 0.481 e. The van der Waals surface area contributed by atoms with Crippen molar-refractivity contribution in [1.29, 1.82) is 0 Å². The Kier molecular flexibility index (Phi) is 4.73. The van der Waals surface area contributed by atoms with Crippen molar-refractivity contribution in [1.82, 2.24) is 4.31 Å². The van der Waals surface area contributed by atoms with Crippen LogP contribution in [0.1, 0.15) is 32.1 Å². The van der Waals surface area contributed by atoms with E-state index >= 15 is 0 Å². The summed E-state index contributed by atoms with van der Waals surface area (Å²) < 4.78 is 24.6. The molecule has 6 heteroatoms. The zero-order chi connectivity index (χ0) is 12.2. The minimum Gasteiger partial charge on any atom is -0.481 e. The highest BCUT2D eigenvalue weighted by Crippen LogP contribution is 2.29. The van der Waals surface area contributed by atoms with Gasteiger partial charge in [0, 0.05) is 13.6 Å². The highest BCUT2D eigenvalue weighted by Gasteiger charge is 2.23. The van der Waals surface area contributed by atoms with Crippen LogP contribution in [0.5, 0.6) is 0 Å². The van der Waals surface area contributed by atoms with E-state index < -0.39 is 16.0 Å². The molecule has 0 amide bonds. The zero-order valence-electron chi connectivity index (χ0n) is 9.55. The molecule has 0 heterocycles. The number of carboxylic acid groups (broad SMARTS) is 1. The molecule has 0 spiro atoms. The van der Waals surface area contributed by atoms with Gasteiger partial charge in [0.05, 0.1) is 12.2 Å². The first kappa shape index (κ1) is 13.4. The number of hydrogen-bond acceptors (Lipinski definition) is 3. The summed E-state index contributed by atoms with van der Waals surface area (Å²) in [6, 6.07) is 0. The molecule has 0 aromatic rings. The molecule has 0 radical (unpaired) electrons. The smallest absolute Gasteiger partial charge is 0.304 e. The van der Waals surface area contributed by atoms with E-state index in [2.05, 4.69) is 0 Å². The molecular weight excluding hydrogens is 230 g/mol. The maximum Gasteiger partial charge on any atom is 0.304 e. The molecule has 94 valence electrons. The van der Waals surface area contributed by atoms with Crippen LogP contribution in [-0.2, 0) is 14.8 Å². The average Bonchev–Trinajstić information content (AvgIpc) is 2.11. The van der Waals surface area contributed by atoms with Crippen molar-refractivity contribution in [2.24, 2.45) is 5.92 Å². The van der Waals surface area contributed by atoms with Crippen molar-refractivity contribution in [2.75, 3.05) is 19.3 Å². The van der Waals surface area contributed by atoms with Crippen LogP contribution in [0.15, 0.2) is 0 Å². The molecule has 0 saturated heterocycles. The Hall–Kier alpha value is -0.620. The Bertz CT molecular complexity index is 335. The molecule has 0 bridgehead atoms. The van der Waals surface area contributed by atoms with Crippen LogP contribution in [0.3, 0.4) is 0 Å². The summed E-state index contributed by atoms with van der Waals surface area (Å²) in [5.41, 5.74) is 0. The van der Waals surface area contributed by atoms with Gasteiger partial charge in [-0.3, -0.25) is 4.79 Å². The van der Waals surface area contributed by atoms with Crippen molar-refractivity contribution in [3.8, 4) is 0 Å². The van der Waals surface area contributed by atoms with Gasteiger partial charge in [0.15, 0.2) is 0 Å². The van der Waals surface area contributed by atoms with Crippen LogP contribution in [-0.4, -0.2) is 43.1 Å². The predicted octanol–water partition coefficient (Wildman–Crippen LogP) is 0.913. The van der Waals surface area contributed by atoms with Crippen LogP contribution in [0.2, 0.25) is 0 Å². The maximum atomic E-state index is 11.7. The molecule has 0 atom stereocenters. The van der Waals surface area contributed by atoms with E-state index in [1.165, 1.54) is 13.5 Å². The number of rotatable bonds is 7. The standard InChI is InChI=1S/C10H19NO4S/c1-11(7-5-10(12)13)16(14,15)8-6-9-3-2-4-9/h9H,2-8H2,1H3,(H,12,13). The third-order valence-corrected chi connectivity index (χ3v) is 5.01. The summed E-state index contributed by atoms with van der Waals surface area (Å²) in [5, 5.41) is 8.47. The molecule has 1 fully saturated rings. The van der Waals surface area contributed by atoms with Gasteiger partial charge in [-0.2, -0.15) is 0 Å². The maximum absolute atomic E-state index is 11.7. The van der Waals surface area contributed by atoms with Crippen LogP contribution >= 0.6 is 0 Å². The number of nitrogens with zero attached hydrogens (tertiary/aromatic N) is 1. The number of carboxylic acids is 1. The lowest BCUT2D eigenvalue weighted by Gasteiger charge is -2.26. The molecule has 1 aliphatic rings. The number of sulfonamides is 1. The summed E-state index contributed by atoms with van der Waals surface area (Å²) in [6.45, 7) is 0.0579. The molecule has 1 saturated carbocycles. The normalized spacial score (nSPS) is 17.4. The molecule has 1 N–H and O–H groups in total. The molecule has 0 unspecified atom stereocenters. The summed E-state index contributed by atoms with van der Waals surface area (Å²) >= 11 is 0. The van der Waals surface area contributed by atoms with Gasteiger partial charge in [0.1, 0.15) is 0 Å². The Morgan fingerprint density at radius 1 is 1.44 bits per heavy atom. The minimum atomic E-state index is -3.26. The monoisotopic (exact) mass is 249 g/mol. The van der Waals surface area contributed by atoms with Crippen LogP contribution in [0.25, 0.3) is 0 Å². The first-order chi connectivity index (χ1) is 7.42. The van der Waals surface area contributed by atoms with E-state index in [0.29, 0.717) is 12.3 Å². The second-order valence-corrected chi connectivity index (χ2v) is 6.56. The van der Waals surface area contributed by atoms with E-state index in [1.54, 1.807) is 0 Å². The number of aliphatic carboxylic acids is 1. The lowest BCUT2D eigenvalue weighted by Crippen LogP contribution is -2.32. The number of hydrogen-bond donors (Lipinski definition) is 1. The Balaban J connectivity index is 2.32. The van der Waals surface area contributed by atoms with Gasteiger partial charge in [0.25, 0.3) is 0 Å². The molecule has 1 rings (SSSR count). The number of carbonyl (C=O) groups is 1. The van der Waals surface area contributed by atoms with E-state index in [9.17, 15) is 13.2 Å². The second kappa shape index (κ2) is 5.63. The first-order valence-corrected chi connectivity index (χ1v) is 7.18. The van der Waals surface area contributed by atoms with Crippen LogP contribution < -0.4 is 0 Å². The lowest BCUT2D eigenvalue weighted by atomic mass is 9.84. The third-order valence-electron chi connectivity index (χ3n) is 3.12. The van der Waals surface area contributed by atoms with E-state index in [0.717, 1.165) is 17.1 Å². The average molecular weight is 249 g/mol. The van der Waals surface area contributed by atoms with Gasteiger partial charge in [0.2, 0.25) is 10.0 Å². The van der Waals surface area contributed by atoms with Gasteiger partial charge in [-0.1, -0.05) is 19.3 Å². The van der Waals surface area contributed by atoms with E-state index in [1.807, 2.05) is 0 Å². The quantitative estimate of drug-likeness (QED) is 0.728. The SMILES string of the molecule is CN(CCC(=O)O)S(=O)(=O)CCC1CCC1. The van der Waals surface area contributed by atoms with E-state index in [-0.39, 0.29) is 18.7 Å². The van der Waals surface area contributed by atoms with Crippen molar-refractivity contribution >= 4 is 16.0 Å². The molecule has 5 nitrogen and oxygen atoms in total. The predicted molar refractivity (Wildman–Crippen MR) is 60.6 cm³/mol. The Morgan fingerprint density at radius 3 is 2.50 bits per heavy atom. The minimum absolute atomic E-state index is 0.0579. The molecule has 16 heavy (non-hydrogen) atoms. The lowest BCUT2D eigenvalue weighted by molar-refractivity contribution is -0.137. The molecule has 0 aromatic carbocycles. The van der Waals surface area contributed by atoms with Crippen LogP contribution in [0.4, 0.5) is 0 Å². The fourth-order valence-electron chi connectivity index (χ4n) is 1.65. The van der Waals surface area contributed by atoms with Gasteiger partial charge in [-0.25, -0.2) is 12.7 Å². The van der Waals surface area contributed by atoms with Crippen molar-refractivity contribution < 1.29 is 18.3 Å². The summed E-state index contributed by atoms with van der Waals surface area (Å²) in [6.07, 6.45) is 4.04. The van der Waals surface area contributed by atoms with Gasteiger partial charge in [-0.15, -0.1) is 0 Å². The fraction of sp³-hybridized carbons (Fsp3) is 0.900. The summed E-state index contributed by atoms with van der Waals surface area (Å²) in [5.74, 6) is -0.267. The summed E-state index contributed by atoms with van der Waals surface area (Å²) in [4.78, 5) is 10.3. The van der Waals surface area contributed by atoms with Crippen molar-refractivity contribution in [3.63, 3.8) is 0 Å². The van der Waals surface area contributed by atoms with Gasteiger partial charge < -0.3 is 5.11 Å². The molecule has 0 aliphatic heterocycles. The molecular formula is C10H19NO4S. The molecule has 0 aromatic heterocycles. The summed E-state index contributed by atoms with van der Waals surface area (Å²) in [7, 11) is -1.81. The third kappa shape index (κ3) is 4.09. The van der Waals surface area contributed by atoms with Crippen molar-refractivity contribution in [3.05, 3.63) is 0 Å². The molecule has 1 aliphatic carbocycles. The van der Waals surface area contributed by atoms with Crippen molar-refractivity contribution in [2.45, 2.75) is 32.1 Å². The Labute approximate surface area is 96.5 Å². The van der Waals surface area contributed by atoms with Crippen LogP contribution in [0, 0.1) is 5.92 Å². The Morgan fingerprint density at radius 2 is 2.06 bits per heavy atom. The highest BCUT2D eigenvalue weighted by atomic mass is 32.2. The van der Waals surface area contributed by atoms with Gasteiger partial charge >= 0.3 is 5.97 Å². The first-order valence-electron chi connectivity index (χ1n) is 5.57. The zero-order valence-corrected chi connectivity index (χ0v) is 10.4.